The predicted octanol–water partition coefficient (Wildman–Crippen LogP) is 2.27. The van der Waals surface area contributed by atoms with Crippen LogP contribution >= 0.6 is 11.3 Å². The molecule has 0 aliphatic carbocycles. The Morgan fingerprint density at radius 3 is 2.86 bits per heavy atom. The number of amides is 1. The first-order chi connectivity index (χ1) is 10.1. The Morgan fingerprint density at radius 2 is 2.10 bits per heavy atom. The minimum absolute atomic E-state index is 0.226. The van der Waals surface area contributed by atoms with Crippen LogP contribution in [0, 0.1) is 23.5 Å². The van der Waals surface area contributed by atoms with E-state index in [1.165, 1.54) is 11.3 Å². The SMILES string of the molecule is NCC#Cc1ccc(CNC(=O)c2cc(F)ccc2F)s1. The van der Waals surface area contributed by atoms with Crippen molar-refractivity contribution in [3.63, 3.8) is 0 Å². The molecule has 2 rings (SSSR count). The molecule has 0 bridgehead atoms. The van der Waals surface area contributed by atoms with Crippen molar-refractivity contribution in [3.8, 4) is 11.8 Å². The highest BCUT2D eigenvalue weighted by atomic mass is 32.1. The molecule has 0 unspecified atom stereocenters. The molecule has 0 fully saturated rings. The van der Waals surface area contributed by atoms with E-state index in [1.807, 2.05) is 12.1 Å². The number of hydrogen-bond donors (Lipinski definition) is 2. The van der Waals surface area contributed by atoms with E-state index in [0.717, 1.165) is 28.0 Å². The maximum absolute atomic E-state index is 13.4. The molecule has 108 valence electrons. The van der Waals surface area contributed by atoms with Gasteiger partial charge in [0.15, 0.2) is 0 Å². The van der Waals surface area contributed by atoms with E-state index in [2.05, 4.69) is 17.2 Å². The molecule has 1 aromatic carbocycles. The number of halogens is 2. The average Bonchev–Trinajstić information content (AvgIpc) is 2.93. The Hall–Kier alpha value is -2.23. The molecule has 2 aromatic rings. The normalized spacial score (nSPS) is 9.86. The first-order valence-corrected chi connectivity index (χ1v) is 6.92. The topological polar surface area (TPSA) is 55.1 Å². The first-order valence-electron chi connectivity index (χ1n) is 6.11. The standard InChI is InChI=1S/C15H12F2N2OS/c16-10-3-6-14(17)13(8-10)15(20)19-9-12-5-4-11(21-12)2-1-7-18/h3-6,8H,7,9,18H2,(H,19,20). The van der Waals surface area contributed by atoms with Gasteiger partial charge in [-0.2, -0.15) is 0 Å². The second-order valence-corrected chi connectivity index (χ2v) is 5.25. The summed E-state index contributed by atoms with van der Waals surface area (Å²) in [4.78, 5) is 13.5. The Kier molecular flexibility index (Phi) is 5.04. The van der Waals surface area contributed by atoms with E-state index in [1.54, 1.807) is 0 Å². The third-order valence-corrected chi connectivity index (χ3v) is 3.57. The van der Waals surface area contributed by atoms with Crippen molar-refractivity contribution in [1.29, 1.82) is 0 Å². The van der Waals surface area contributed by atoms with Gasteiger partial charge in [-0.05, 0) is 30.3 Å². The highest BCUT2D eigenvalue weighted by molar-refractivity contribution is 7.12. The van der Waals surface area contributed by atoms with Crippen molar-refractivity contribution < 1.29 is 13.6 Å². The summed E-state index contributed by atoms with van der Waals surface area (Å²) in [5.41, 5.74) is 4.97. The molecule has 0 aliphatic heterocycles. The number of thiophene rings is 1. The van der Waals surface area contributed by atoms with Gasteiger partial charge in [-0.1, -0.05) is 11.8 Å². The van der Waals surface area contributed by atoms with Gasteiger partial charge in [0, 0.05) is 4.88 Å². The Morgan fingerprint density at radius 1 is 1.29 bits per heavy atom. The minimum atomic E-state index is -0.755. The second kappa shape index (κ2) is 6.97. The molecule has 6 heteroatoms. The summed E-state index contributed by atoms with van der Waals surface area (Å²) in [5.74, 6) is 3.55. The van der Waals surface area contributed by atoms with E-state index in [-0.39, 0.29) is 18.7 Å². The van der Waals surface area contributed by atoms with Crippen LogP contribution in [0.1, 0.15) is 20.1 Å². The highest BCUT2D eigenvalue weighted by Gasteiger charge is 2.12. The van der Waals surface area contributed by atoms with E-state index >= 15 is 0 Å². The van der Waals surface area contributed by atoms with Gasteiger partial charge >= 0.3 is 0 Å². The minimum Gasteiger partial charge on any atom is -0.347 e. The van der Waals surface area contributed by atoms with Crippen LogP contribution in [0.15, 0.2) is 30.3 Å². The van der Waals surface area contributed by atoms with Gasteiger partial charge in [-0.15, -0.1) is 11.3 Å². The molecule has 1 amide bonds. The molecule has 0 saturated carbocycles. The summed E-state index contributed by atoms with van der Waals surface area (Å²) in [6.07, 6.45) is 0. The molecule has 21 heavy (non-hydrogen) atoms. The Bertz CT molecular complexity index is 716. The lowest BCUT2D eigenvalue weighted by atomic mass is 10.2. The molecular formula is C15H12F2N2OS. The van der Waals surface area contributed by atoms with Crippen molar-refractivity contribution >= 4 is 17.2 Å². The number of benzene rings is 1. The van der Waals surface area contributed by atoms with Crippen LogP contribution in [0.5, 0.6) is 0 Å². The Balaban J connectivity index is 2.01. The van der Waals surface area contributed by atoms with E-state index < -0.39 is 17.5 Å². The highest BCUT2D eigenvalue weighted by Crippen LogP contribution is 2.16. The summed E-state index contributed by atoms with van der Waals surface area (Å²) in [7, 11) is 0. The lowest BCUT2D eigenvalue weighted by Gasteiger charge is -2.04. The lowest BCUT2D eigenvalue weighted by molar-refractivity contribution is 0.0946. The second-order valence-electron chi connectivity index (χ2n) is 4.08. The molecule has 0 saturated heterocycles. The molecule has 1 heterocycles. The van der Waals surface area contributed by atoms with Crippen molar-refractivity contribution in [3.05, 3.63) is 57.3 Å². The van der Waals surface area contributed by atoms with Gasteiger partial charge in [0.2, 0.25) is 0 Å². The third kappa shape index (κ3) is 4.12. The lowest BCUT2D eigenvalue weighted by Crippen LogP contribution is -2.23. The predicted molar refractivity (Wildman–Crippen MR) is 77.8 cm³/mol. The molecule has 1 aromatic heterocycles. The smallest absolute Gasteiger partial charge is 0.254 e. The third-order valence-electron chi connectivity index (χ3n) is 2.57. The van der Waals surface area contributed by atoms with Gasteiger partial charge < -0.3 is 11.1 Å². The molecule has 3 N–H and O–H groups in total. The molecule has 0 spiro atoms. The maximum Gasteiger partial charge on any atom is 0.254 e. The molecular weight excluding hydrogens is 294 g/mol. The quantitative estimate of drug-likeness (QED) is 0.855. The largest absolute Gasteiger partial charge is 0.347 e. The Labute approximate surface area is 124 Å². The van der Waals surface area contributed by atoms with Crippen LogP contribution < -0.4 is 11.1 Å². The average molecular weight is 306 g/mol. The van der Waals surface area contributed by atoms with Gasteiger partial charge in [-0.3, -0.25) is 4.79 Å². The van der Waals surface area contributed by atoms with E-state index in [9.17, 15) is 13.6 Å². The van der Waals surface area contributed by atoms with E-state index in [4.69, 9.17) is 5.73 Å². The van der Waals surface area contributed by atoms with Crippen molar-refractivity contribution in [2.45, 2.75) is 6.54 Å². The van der Waals surface area contributed by atoms with Crippen LogP contribution in [0.4, 0.5) is 8.78 Å². The summed E-state index contributed by atoms with van der Waals surface area (Å²) in [6.45, 7) is 0.507. The fraction of sp³-hybridized carbons (Fsp3) is 0.133. The van der Waals surface area contributed by atoms with E-state index in [0.29, 0.717) is 0 Å². The molecule has 0 radical (unpaired) electrons. The fourth-order valence-electron chi connectivity index (χ4n) is 1.61. The zero-order chi connectivity index (χ0) is 15.2. The van der Waals surface area contributed by atoms with Crippen LogP contribution in [-0.4, -0.2) is 12.5 Å². The van der Waals surface area contributed by atoms with Gasteiger partial charge in [-0.25, -0.2) is 8.78 Å². The molecule has 0 atom stereocenters. The van der Waals surface area contributed by atoms with Crippen molar-refractivity contribution in [2.75, 3.05) is 6.54 Å². The number of nitrogens with two attached hydrogens (primary N) is 1. The van der Waals surface area contributed by atoms with Gasteiger partial charge in [0.25, 0.3) is 5.91 Å². The number of nitrogens with one attached hydrogen (secondary N) is 1. The van der Waals surface area contributed by atoms with Gasteiger partial charge in [0.05, 0.1) is 23.5 Å². The first kappa shape index (κ1) is 15.2. The van der Waals surface area contributed by atoms with Crippen LogP contribution in [0.3, 0.4) is 0 Å². The monoisotopic (exact) mass is 306 g/mol. The number of carbonyl (C=O) groups excluding carboxylic acids is 1. The zero-order valence-electron chi connectivity index (χ0n) is 11.0. The summed E-state index contributed by atoms with van der Waals surface area (Å²) < 4.78 is 26.5. The summed E-state index contributed by atoms with van der Waals surface area (Å²) in [6, 6.07) is 6.39. The van der Waals surface area contributed by atoms with Crippen molar-refractivity contribution in [2.24, 2.45) is 5.73 Å². The summed E-state index contributed by atoms with van der Waals surface area (Å²) in [5, 5.41) is 2.54. The number of carbonyl (C=O) groups is 1. The fourth-order valence-corrected chi connectivity index (χ4v) is 2.43. The zero-order valence-corrected chi connectivity index (χ0v) is 11.8. The van der Waals surface area contributed by atoms with Crippen LogP contribution in [-0.2, 0) is 6.54 Å². The number of hydrogen-bond acceptors (Lipinski definition) is 3. The van der Waals surface area contributed by atoms with Gasteiger partial charge in [0.1, 0.15) is 11.6 Å². The number of rotatable bonds is 3. The van der Waals surface area contributed by atoms with Crippen molar-refractivity contribution in [1.82, 2.24) is 5.32 Å². The maximum atomic E-state index is 13.4. The molecule has 0 aliphatic rings. The molecule has 3 nitrogen and oxygen atoms in total. The summed E-state index contributed by atoms with van der Waals surface area (Å²) >= 11 is 1.41. The van der Waals surface area contributed by atoms with Crippen LogP contribution in [0.2, 0.25) is 0 Å². The van der Waals surface area contributed by atoms with Crippen LogP contribution in [0.25, 0.3) is 0 Å².